The first-order valence-corrected chi connectivity index (χ1v) is 6.11. The lowest BCUT2D eigenvalue weighted by molar-refractivity contribution is 0.0526. The minimum absolute atomic E-state index is 0.325. The summed E-state index contributed by atoms with van der Waals surface area (Å²) in [6.45, 7) is 3.94. The molecule has 19 heavy (non-hydrogen) atoms. The largest absolute Gasteiger partial charge is 0.462 e. The molecule has 0 aromatic carbocycles. The topological polar surface area (TPSA) is 70.1 Å². The predicted octanol–water partition coefficient (Wildman–Crippen LogP) is 2.15. The number of carbonyl (C=O) groups excluding carboxylic acids is 1. The standard InChI is InChI=1S/C14H17N3O2/c1-4-19-14(18)11-9(2)17(3)13(12(11)15)10-7-5-6-8-16-10/h5-8H,4,15H2,1-3H3. The molecule has 0 aliphatic heterocycles. The Morgan fingerprint density at radius 3 is 2.79 bits per heavy atom. The minimum Gasteiger partial charge on any atom is -0.462 e. The van der Waals surface area contributed by atoms with Crippen molar-refractivity contribution in [3.8, 4) is 11.4 Å². The van der Waals surface area contributed by atoms with Gasteiger partial charge in [0.2, 0.25) is 0 Å². The number of hydrogen-bond acceptors (Lipinski definition) is 4. The molecule has 5 heteroatoms. The second-order valence-electron chi connectivity index (χ2n) is 4.22. The SMILES string of the molecule is CCOC(=O)c1c(N)c(-c2ccccn2)n(C)c1C. The van der Waals surface area contributed by atoms with Crippen LogP contribution in [0.3, 0.4) is 0 Å². The quantitative estimate of drug-likeness (QED) is 0.857. The highest BCUT2D eigenvalue weighted by molar-refractivity contribution is 6.00. The maximum absolute atomic E-state index is 11.9. The molecule has 2 heterocycles. The molecule has 0 aliphatic carbocycles. The first-order chi connectivity index (χ1) is 9.07. The summed E-state index contributed by atoms with van der Waals surface area (Å²) in [7, 11) is 1.86. The third-order valence-corrected chi connectivity index (χ3v) is 3.11. The van der Waals surface area contributed by atoms with E-state index >= 15 is 0 Å². The van der Waals surface area contributed by atoms with Gasteiger partial charge in [-0.3, -0.25) is 4.98 Å². The van der Waals surface area contributed by atoms with Crippen molar-refractivity contribution in [3.63, 3.8) is 0 Å². The second-order valence-corrected chi connectivity index (χ2v) is 4.22. The van der Waals surface area contributed by atoms with Crippen molar-refractivity contribution in [2.75, 3.05) is 12.3 Å². The monoisotopic (exact) mass is 259 g/mol. The Kier molecular flexibility index (Phi) is 3.55. The van der Waals surface area contributed by atoms with Crippen molar-refractivity contribution >= 4 is 11.7 Å². The number of anilines is 1. The molecule has 0 aliphatic rings. The molecule has 0 amide bonds. The van der Waals surface area contributed by atoms with Gasteiger partial charge in [-0.2, -0.15) is 0 Å². The van der Waals surface area contributed by atoms with Gasteiger partial charge in [-0.1, -0.05) is 6.07 Å². The van der Waals surface area contributed by atoms with E-state index in [2.05, 4.69) is 4.98 Å². The average Bonchev–Trinajstić information content (AvgIpc) is 2.62. The van der Waals surface area contributed by atoms with Crippen molar-refractivity contribution in [1.82, 2.24) is 9.55 Å². The summed E-state index contributed by atoms with van der Waals surface area (Å²) < 4.78 is 6.91. The molecule has 2 aromatic heterocycles. The molecule has 2 rings (SSSR count). The molecule has 5 nitrogen and oxygen atoms in total. The van der Waals surface area contributed by atoms with Crippen LogP contribution in [0.2, 0.25) is 0 Å². The molecule has 0 radical (unpaired) electrons. The van der Waals surface area contributed by atoms with Crippen LogP contribution in [-0.2, 0) is 11.8 Å². The molecular weight excluding hydrogens is 242 g/mol. The number of ether oxygens (including phenoxy) is 1. The van der Waals surface area contributed by atoms with Gasteiger partial charge in [-0.05, 0) is 26.0 Å². The lowest BCUT2D eigenvalue weighted by atomic mass is 10.2. The molecule has 0 saturated carbocycles. The molecule has 0 spiro atoms. The van der Waals surface area contributed by atoms with Gasteiger partial charge in [0.05, 0.1) is 23.7 Å². The third-order valence-electron chi connectivity index (χ3n) is 3.11. The Morgan fingerprint density at radius 2 is 2.21 bits per heavy atom. The summed E-state index contributed by atoms with van der Waals surface area (Å²) in [5.41, 5.74) is 9.19. The molecule has 0 bridgehead atoms. The predicted molar refractivity (Wildman–Crippen MR) is 73.7 cm³/mol. The summed E-state index contributed by atoms with van der Waals surface area (Å²) in [6.07, 6.45) is 1.70. The first kappa shape index (κ1) is 13.1. The maximum Gasteiger partial charge on any atom is 0.342 e. The molecule has 0 fully saturated rings. The van der Waals surface area contributed by atoms with Gasteiger partial charge in [-0.15, -0.1) is 0 Å². The Hall–Kier alpha value is -2.30. The highest BCUT2D eigenvalue weighted by Crippen LogP contribution is 2.32. The Bertz CT molecular complexity index is 603. The maximum atomic E-state index is 11.9. The molecule has 0 saturated heterocycles. The number of pyridine rings is 1. The van der Waals surface area contributed by atoms with Crippen LogP contribution in [0.15, 0.2) is 24.4 Å². The molecule has 0 unspecified atom stereocenters. The zero-order chi connectivity index (χ0) is 14.0. The van der Waals surface area contributed by atoms with E-state index in [1.54, 1.807) is 13.1 Å². The van der Waals surface area contributed by atoms with Crippen LogP contribution in [0.25, 0.3) is 11.4 Å². The zero-order valence-electron chi connectivity index (χ0n) is 11.3. The Morgan fingerprint density at radius 1 is 1.47 bits per heavy atom. The number of aromatic nitrogens is 2. The van der Waals surface area contributed by atoms with E-state index < -0.39 is 5.97 Å². The summed E-state index contributed by atoms with van der Waals surface area (Å²) in [5, 5.41) is 0. The fourth-order valence-electron chi connectivity index (χ4n) is 2.10. The highest BCUT2D eigenvalue weighted by Gasteiger charge is 2.23. The van der Waals surface area contributed by atoms with Crippen LogP contribution in [0.1, 0.15) is 23.0 Å². The molecule has 100 valence electrons. The smallest absolute Gasteiger partial charge is 0.342 e. The number of hydrogen-bond donors (Lipinski definition) is 1. The van der Waals surface area contributed by atoms with Crippen molar-refractivity contribution in [2.24, 2.45) is 7.05 Å². The fraction of sp³-hybridized carbons (Fsp3) is 0.286. The van der Waals surface area contributed by atoms with Crippen molar-refractivity contribution in [2.45, 2.75) is 13.8 Å². The summed E-state index contributed by atoms with van der Waals surface area (Å²) in [5.74, 6) is -0.393. The number of carbonyl (C=O) groups is 1. The minimum atomic E-state index is -0.393. The van der Waals surface area contributed by atoms with E-state index in [0.717, 1.165) is 17.1 Å². The van der Waals surface area contributed by atoms with Gasteiger partial charge >= 0.3 is 5.97 Å². The van der Waals surface area contributed by atoms with Crippen LogP contribution in [0.4, 0.5) is 5.69 Å². The summed E-state index contributed by atoms with van der Waals surface area (Å²) >= 11 is 0. The van der Waals surface area contributed by atoms with Gasteiger partial charge in [0, 0.05) is 18.9 Å². The van der Waals surface area contributed by atoms with E-state index in [9.17, 15) is 4.79 Å². The van der Waals surface area contributed by atoms with Gasteiger partial charge in [0.25, 0.3) is 0 Å². The van der Waals surface area contributed by atoms with E-state index in [1.807, 2.05) is 36.7 Å². The van der Waals surface area contributed by atoms with Gasteiger partial charge in [-0.25, -0.2) is 4.79 Å². The number of rotatable bonds is 3. The van der Waals surface area contributed by atoms with E-state index in [1.165, 1.54) is 0 Å². The fourth-order valence-corrected chi connectivity index (χ4v) is 2.10. The lowest BCUT2D eigenvalue weighted by Gasteiger charge is -2.04. The number of nitrogens with two attached hydrogens (primary N) is 1. The van der Waals surface area contributed by atoms with Crippen molar-refractivity contribution < 1.29 is 9.53 Å². The number of nitrogen functional groups attached to an aromatic ring is 1. The number of esters is 1. The van der Waals surface area contributed by atoms with Gasteiger partial charge < -0.3 is 15.0 Å². The summed E-state index contributed by atoms with van der Waals surface area (Å²) in [4.78, 5) is 16.2. The average molecular weight is 259 g/mol. The summed E-state index contributed by atoms with van der Waals surface area (Å²) in [6, 6.07) is 5.58. The first-order valence-electron chi connectivity index (χ1n) is 6.11. The van der Waals surface area contributed by atoms with E-state index in [-0.39, 0.29) is 0 Å². The van der Waals surface area contributed by atoms with Crippen molar-refractivity contribution in [1.29, 1.82) is 0 Å². The third kappa shape index (κ3) is 2.19. The highest BCUT2D eigenvalue weighted by atomic mass is 16.5. The number of nitrogens with zero attached hydrogens (tertiary/aromatic N) is 2. The Labute approximate surface area is 112 Å². The van der Waals surface area contributed by atoms with Gasteiger partial charge in [0.15, 0.2) is 0 Å². The lowest BCUT2D eigenvalue weighted by Crippen LogP contribution is -2.08. The van der Waals surface area contributed by atoms with E-state index in [4.69, 9.17) is 10.5 Å². The molecule has 0 atom stereocenters. The normalized spacial score (nSPS) is 10.5. The van der Waals surface area contributed by atoms with Crippen LogP contribution in [-0.4, -0.2) is 22.1 Å². The second kappa shape index (κ2) is 5.14. The van der Waals surface area contributed by atoms with Crippen LogP contribution < -0.4 is 5.73 Å². The van der Waals surface area contributed by atoms with Crippen LogP contribution >= 0.6 is 0 Å². The molecule has 2 aromatic rings. The zero-order valence-corrected chi connectivity index (χ0v) is 11.3. The molecule has 2 N–H and O–H groups in total. The van der Waals surface area contributed by atoms with Crippen LogP contribution in [0, 0.1) is 6.92 Å². The van der Waals surface area contributed by atoms with Crippen LogP contribution in [0.5, 0.6) is 0 Å². The van der Waals surface area contributed by atoms with E-state index in [0.29, 0.717) is 17.9 Å². The Balaban J connectivity index is 2.59. The van der Waals surface area contributed by atoms with Gasteiger partial charge in [0.1, 0.15) is 5.56 Å². The molecular formula is C14H17N3O2. The van der Waals surface area contributed by atoms with Crippen molar-refractivity contribution in [3.05, 3.63) is 35.7 Å².